The zero-order chi connectivity index (χ0) is 17.9. The minimum Gasteiger partial charge on any atom is -0.393 e. The average Bonchev–Trinajstić information content (AvgIpc) is 2.52. The van der Waals surface area contributed by atoms with Crippen LogP contribution in [-0.4, -0.2) is 65.3 Å². The Morgan fingerprint density at radius 2 is 1.75 bits per heavy atom. The second-order valence-corrected chi connectivity index (χ2v) is 8.89. The first-order valence-electron chi connectivity index (χ1n) is 9.65. The number of nitrogens with zero attached hydrogens (tertiary/aromatic N) is 2. The van der Waals surface area contributed by atoms with E-state index in [1.807, 2.05) is 11.8 Å². The smallest absolute Gasteiger partial charge is 0.317 e. The molecule has 0 spiro atoms. The molecule has 0 saturated carbocycles. The van der Waals surface area contributed by atoms with Gasteiger partial charge in [0.15, 0.2) is 0 Å². The Morgan fingerprint density at radius 3 is 2.25 bits per heavy atom. The molecule has 3 unspecified atom stereocenters. The molecule has 0 aromatic carbocycles. The van der Waals surface area contributed by atoms with Gasteiger partial charge >= 0.3 is 6.03 Å². The van der Waals surface area contributed by atoms with E-state index in [1.54, 1.807) is 0 Å². The number of aliphatic hydroxyl groups is 1. The summed E-state index contributed by atoms with van der Waals surface area (Å²) in [5, 5.41) is 12.8. The van der Waals surface area contributed by atoms with Crippen molar-refractivity contribution in [3.05, 3.63) is 0 Å². The highest BCUT2D eigenvalue weighted by Crippen LogP contribution is 2.27. The summed E-state index contributed by atoms with van der Waals surface area (Å²) in [6.45, 7) is 15.4. The molecule has 2 heterocycles. The number of carbonyl (C=O) groups is 1. The highest BCUT2D eigenvalue weighted by molar-refractivity contribution is 5.74. The van der Waals surface area contributed by atoms with Gasteiger partial charge in [0.1, 0.15) is 0 Å². The van der Waals surface area contributed by atoms with E-state index >= 15 is 0 Å². The lowest BCUT2D eigenvalue weighted by Gasteiger charge is -2.45. The fraction of sp³-hybridized carbons (Fsp3) is 0.947. The molecule has 2 rings (SSSR count). The maximum absolute atomic E-state index is 12.5. The quantitative estimate of drug-likeness (QED) is 0.827. The van der Waals surface area contributed by atoms with Gasteiger partial charge in [0.05, 0.1) is 6.10 Å². The molecule has 0 aliphatic carbocycles. The van der Waals surface area contributed by atoms with Crippen LogP contribution in [0.2, 0.25) is 0 Å². The Morgan fingerprint density at radius 1 is 1.21 bits per heavy atom. The van der Waals surface area contributed by atoms with Gasteiger partial charge in [-0.3, -0.25) is 4.90 Å². The maximum atomic E-state index is 12.5. The van der Waals surface area contributed by atoms with E-state index < -0.39 is 0 Å². The van der Waals surface area contributed by atoms with Crippen molar-refractivity contribution in [3.8, 4) is 0 Å². The molecule has 3 atom stereocenters. The molecular formula is C19H37N3O2. The van der Waals surface area contributed by atoms with E-state index in [2.05, 4.69) is 37.9 Å². The van der Waals surface area contributed by atoms with Gasteiger partial charge in [-0.1, -0.05) is 13.8 Å². The van der Waals surface area contributed by atoms with Crippen LogP contribution < -0.4 is 5.32 Å². The van der Waals surface area contributed by atoms with Crippen molar-refractivity contribution in [2.45, 2.75) is 65.5 Å². The standard InChI is InChI=1S/C19H37N3O2/c1-14-10-15(2)12-22(11-14)19(4,5)13-20-18(24)21-8-6-17(7-9-21)16(3)23/h14-17,23H,6-13H2,1-5H3,(H,20,24). The minimum absolute atomic E-state index is 0.0173. The molecule has 2 amide bonds. The van der Waals surface area contributed by atoms with Gasteiger partial charge in [-0.25, -0.2) is 4.79 Å². The first-order valence-corrected chi connectivity index (χ1v) is 9.65. The summed E-state index contributed by atoms with van der Waals surface area (Å²) >= 11 is 0. The molecule has 0 radical (unpaired) electrons. The van der Waals surface area contributed by atoms with E-state index in [4.69, 9.17) is 0 Å². The largest absolute Gasteiger partial charge is 0.393 e. The van der Waals surface area contributed by atoms with E-state index in [9.17, 15) is 9.90 Å². The van der Waals surface area contributed by atoms with Gasteiger partial charge in [0.2, 0.25) is 0 Å². The summed E-state index contributed by atoms with van der Waals surface area (Å²) in [5.74, 6) is 1.79. The van der Waals surface area contributed by atoms with Crippen LogP contribution in [0.15, 0.2) is 0 Å². The summed E-state index contributed by atoms with van der Waals surface area (Å²) in [7, 11) is 0. The predicted octanol–water partition coefficient (Wildman–Crippen LogP) is 2.55. The number of aliphatic hydroxyl groups excluding tert-OH is 1. The SMILES string of the molecule is CC1CC(C)CN(C(C)(C)CNC(=O)N2CCC(C(C)O)CC2)C1. The van der Waals surface area contributed by atoms with Gasteiger partial charge in [-0.05, 0) is 57.8 Å². The third kappa shape index (κ3) is 5.09. The number of urea groups is 1. The summed E-state index contributed by atoms with van der Waals surface area (Å²) in [6, 6.07) is 0.0465. The van der Waals surface area contributed by atoms with E-state index in [-0.39, 0.29) is 17.7 Å². The number of nitrogens with one attached hydrogen (secondary N) is 1. The lowest BCUT2D eigenvalue weighted by Crippen LogP contribution is -2.57. The topological polar surface area (TPSA) is 55.8 Å². The zero-order valence-corrected chi connectivity index (χ0v) is 16.2. The van der Waals surface area contributed by atoms with Crippen LogP contribution in [0.1, 0.15) is 53.9 Å². The van der Waals surface area contributed by atoms with Crippen LogP contribution in [0.25, 0.3) is 0 Å². The van der Waals surface area contributed by atoms with E-state index in [0.29, 0.717) is 12.5 Å². The second kappa shape index (κ2) is 8.05. The normalized spacial score (nSPS) is 28.7. The maximum Gasteiger partial charge on any atom is 0.317 e. The fourth-order valence-corrected chi connectivity index (χ4v) is 4.26. The number of amides is 2. The van der Waals surface area contributed by atoms with Crippen molar-refractivity contribution in [2.75, 3.05) is 32.7 Å². The average molecular weight is 340 g/mol. The lowest BCUT2D eigenvalue weighted by molar-refractivity contribution is 0.0450. The van der Waals surface area contributed by atoms with Crippen molar-refractivity contribution in [1.29, 1.82) is 0 Å². The van der Waals surface area contributed by atoms with Gasteiger partial charge in [0, 0.05) is 38.3 Å². The Kier molecular flexibility index (Phi) is 6.54. The fourth-order valence-electron chi connectivity index (χ4n) is 4.26. The number of carbonyl (C=O) groups excluding carboxylic acids is 1. The Labute approximate surface area is 147 Å². The monoisotopic (exact) mass is 339 g/mol. The van der Waals surface area contributed by atoms with Crippen molar-refractivity contribution < 1.29 is 9.90 Å². The van der Waals surface area contributed by atoms with Crippen molar-refractivity contribution in [2.24, 2.45) is 17.8 Å². The first-order chi connectivity index (χ1) is 11.2. The highest BCUT2D eigenvalue weighted by atomic mass is 16.3. The Hall–Kier alpha value is -0.810. The van der Waals surface area contributed by atoms with Gasteiger partial charge in [-0.2, -0.15) is 0 Å². The Bertz CT molecular complexity index is 407. The number of likely N-dealkylation sites (tertiary alicyclic amines) is 2. The number of rotatable bonds is 4. The van der Waals surface area contributed by atoms with Crippen molar-refractivity contribution in [3.63, 3.8) is 0 Å². The summed E-state index contributed by atoms with van der Waals surface area (Å²) in [5.41, 5.74) is -0.0173. The van der Waals surface area contributed by atoms with Crippen LogP contribution in [0.4, 0.5) is 4.79 Å². The van der Waals surface area contributed by atoms with Crippen molar-refractivity contribution in [1.82, 2.24) is 15.1 Å². The van der Waals surface area contributed by atoms with E-state index in [0.717, 1.165) is 50.9 Å². The van der Waals surface area contributed by atoms with E-state index in [1.165, 1.54) is 6.42 Å². The van der Waals surface area contributed by atoms with Gasteiger partial charge in [-0.15, -0.1) is 0 Å². The molecular weight excluding hydrogens is 302 g/mol. The number of hydrogen-bond donors (Lipinski definition) is 2. The first kappa shape index (κ1) is 19.5. The molecule has 0 aromatic rings. The molecule has 24 heavy (non-hydrogen) atoms. The molecule has 2 aliphatic heterocycles. The molecule has 2 aliphatic rings. The van der Waals surface area contributed by atoms with Gasteiger partial charge in [0.25, 0.3) is 0 Å². The highest BCUT2D eigenvalue weighted by Gasteiger charge is 2.33. The molecule has 0 bridgehead atoms. The molecule has 2 fully saturated rings. The Balaban J connectivity index is 1.80. The van der Waals surface area contributed by atoms with Crippen molar-refractivity contribution >= 4 is 6.03 Å². The predicted molar refractivity (Wildman–Crippen MR) is 98.0 cm³/mol. The van der Waals surface area contributed by atoms with Crippen LogP contribution in [-0.2, 0) is 0 Å². The van der Waals surface area contributed by atoms with Crippen LogP contribution >= 0.6 is 0 Å². The van der Waals surface area contributed by atoms with Gasteiger partial charge < -0.3 is 15.3 Å². The number of hydrogen-bond acceptors (Lipinski definition) is 3. The minimum atomic E-state index is -0.266. The third-order valence-electron chi connectivity index (χ3n) is 5.91. The zero-order valence-electron chi connectivity index (χ0n) is 16.2. The molecule has 2 saturated heterocycles. The van der Waals surface area contributed by atoms with Crippen LogP contribution in [0.3, 0.4) is 0 Å². The third-order valence-corrected chi connectivity index (χ3v) is 5.91. The number of piperidine rings is 2. The lowest BCUT2D eigenvalue weighted by atomic mass is 9.88. The molecule has 140 valence electrons. The molecule has 5 heteroatoms. The summed E-state index contributed by atoms with van der Waals surface area (Å²) in [4.78, 5) is 16.9. The molecule has 0 aromatic heterocycles. The molecule has 5 nitrogen and oxygen atoms in total. The second-order valence-electron chi connectivity index (χ2n) is 8.89. The van der Waals surface area contributed by atoms with Crippen LogP contribution in [0.5, 0.6) is 0 Å². The summed E-state index contributed by atoms with van der Waals surface area (Å²) < 4.78 is 0. The van der Waals surface area contributed by atoms with Crippen LogP contribution in [0, 0.1) is 17.8 Å². The molecule has 2 N–H and O–H groups in total. The summed E-state index contributed by atoms with van der Waals surface area (Å²) in [6.07, 6.45) is 2.83.